The Kier molecular flexibility index (Phi) is 4.23. The minimum Gasteiger partial charge on any atom is -0.160 e. The average Bonchev–Trinajstić information content (AvgIpc) is 2.04. The Hall–Kier alpha value is 0.620. The molecule has 0 bridgehead atoms. The molecule has 0 unspecified atom stereocenters. The van der Waals surface area contributed by atoms with Crippen LogP contribution in [0.5, 0.6) is 0 Å². The van der Waals surface area contributed by atoms with E-state index in [1.54, 1.807) is 0 Å². The molecule has 1 rings (SSSR count). The fraction of sp³-hybridized carbons (Fsp3) is 0.250. The first-order chi connectivity index (χ1) is 5.61. The second-order valence-corrected chi connectivity index (χ2v) is 5.30. The molecule has 0 aliphatic rings. The Morgan fingerprint density at radius 3 is 1.58 bits per heavy atom. The smallest absolute Gasteiger partial charge is 0.0692 e. The third-order valence-electron chi connectivity index (χ3n) is 1.51. The maximum Gasteiger partial charge on any atom is 0.0692 e. The van der Waals surface area contributed by atoms with E-state index in [0.717, 1.165) is 11.1 Å². The lowest BCUT2D eigenvalue weighted by Crippen LogP contribution is -1.86. The molecule has 0 amide bonds. The van der Waals surface area contributed by atoms with Gasteiger partial charge in [0.1, 0.15) is 0 Å². The Morgan fingerprint density at radius 1 is 0.833 bits per heavy atom. The van der Waals surface area contributed by atoms with E-state index in [0.29, 0.717) is 0 Å². The van der Waals surface area contributed by atoms with Gasteiger partial charge in [-0.2, -0.15) is 50.5 Å². The van der Waals surface area contributed by atoms with Gasteiger partial charge in [-0.05, 0) is 11.1 Å². The van der Waals surface area contributed by atoms with Gasteiger partial charge in [0, 0.05) is 0 Å². The number of hydrogen-bond acceptors (Lipinski definition) is 4. The summed E-state index contributed by atoms with van der Waals surface area (Å²) in [6.45, 7) is 0. The standard InChI is InChI=1S/C8H10S4/c9-7(10)5-2-1-3-6(4-5)8(11)12/h1-4,7-12H. The maximum atomic E-state index is 4.22. The molecule has 0 N–H and O–H groups in total. The van der Waals surface area contributed by atoms with Crippen molar-refractivity contribution in [1.29, 1.82) is 0 Å². The minimum atomic E-state index is -0.0367. The highest BCUT2D eigenvalue weighted by Gasteiger charge is 2.04. The predicted molar refractivity (Wildman–Crippen MR) is 67.9 cm³/mol. The zero-order chi connectivity index (χ0) is 9.14. The quantitative estimate of drug-likeness (QED) is 0.437. The van der Waals surface area contributed by atoms with Crippen molar-refractivity contribution >= 4 is 50.5 Å². The molecule has 0 aliphatic heterocycles. The van der Waals surface area contributed by atoms with Gasteiger partial charge in [0.2, 0.25) is 0 Å². The van der Waals surface area contributed by atoms with Gasteiger partial charge in [0.25, 0.3) is 0 Å². The van der Waals surface area contributed by atoms with Crippen molar-refractivity contribution in [2.75, 3.05) is 0 Å². The predicted octanol–water partition coefficient (Wildman–Crippen LogP) is 3.40. The van der Waals surface area contributed by atoms with Gasteiger partial charge in [0.15, 0.2) is 0 Å². The lowest BCUT2D eigenvalue weighted by molar-refractivity contribution is 1.32. The van der Waals surface area contributed by atoms with Crippen LogP contribution >= 0.6 is 50.5 Å². The average molecular weight is 234 g/mol. The molecule has 0 saturated heterocycles. The summed E-state index contributed by atoms with van der Waals surface area (Å²) in [6, 6.07) is 7.94. The van der Waals surface area contributed by atoms with Gasteiger partial charge in [0.05, 0.1) is 9.16 Å². The minimum absolute atomic E-state index is 0.0367. The lowest BCUT2D eigenvalue weighted by atomic mass is 10.2. The molecule has 0 atom stereocenters. The highest BCUT2D eigenvalue weighted by atomic mass is 32.2. The van der Waals surface area contributed by atoms with Gasteiger partial charge in [-0.15, -0.1) is 0 Å². The van der Waals surface area contributed by atoms with Crippen molar-refractivity contribution in [2.45, 2.75) is 9.16 Å². The summed E-state index contributed by atoms with van der Waals surface area (Å²) >= 11 is 16.9. The SMILES string of the molecule is SC(S)c1cccc(C(S)S)c1. The molecule has 0 fully saturated rings. The van der Waals surface area contributed by atoms with Gasteiger partial charge in [-0.3, -0.25) is 0 Å². The molecule has 4 heteroatoms. The molecule has 0 heterocycles. The fourth-order valence-corrected chi connectivity index (χ4v) is 1.52. The highest BCUT2D eigenvalue weighted by Crippen LogP contribution is 2.29. The van der Waals surface area contributed by atoms with E-state index in [1.807, 2.05) is 24.3 Å². The van der Waals surface area contributed by atoms with E-state index in [2.05, 4.69) is 50.5 Å². The van der Waals surface area contributed by atoms with Gasteiger partial charge in [-0.25, -0.2) is 0 Å². The van der Waals surface area contributed by atoms with Crippen molar-refractivity contribution in [2.24, 2.45) is 0 Å². The monoisotopic (exact) mass is 234 g/mol. The van der Waals surface area contributed by atoms with Crippen LogP contribution in [-0.4, -0.2) is 0 Å². The second kappa shape index (κ2) is 4.74. The normalized spacial score (nSPS) is 11.2. The van der Waals surface area contributed by atoms with Crippen LogP contribution in [0.25, 0.3) is 0 Å². The van der Waals surface area contributed by atoms with Crippen molar-refractivity contribution in [3.8, 4) is 0 Å². The number of thiol groups is 4. The summed E-state index contributed by atoms with van der Waals surface area (Å²) in [5, 5.41) is 0. The molecule has 66 valence electrons. The van der Waals surface area contributed by atoms with Crippen LogP contribution in [0.15, 0.2) is 24.3 Å². The van der Waals surface area contributed by atoms with Gasteiger partial charge >= 0.3 is 0 Å². The first-order valence-electron chi connectivity index (χ1n) is 3.43. The molecule has 0 saturated carbocycles. The van der Waals surface area contributed by atoms with Gasteiger partial charge in [-0.1, -0.05) is 24.3 Å². The zero-order valence-corrected chi connectivity index (χ0v) is 9.83. The van der Waals surface area contributed by atoms with E-state index in [4.69, 9.17) is 0 Å². The van der Waals surface area contributed by atoms with Crippen LogP contribution < -0.4 is 0 Å². The third-order valence-corrected chi connectivity index (χ3v) is 2.70. The Bertz CT molecular complexity index is 234. The molecule has 0 aromatic heterocycles. The first kappa shape index (κ1) is 10.7. The molecule has 0 nitrogen and oxygen atoms in total. The Morgan fingerprint density at radius 2 is 1.25 bits per heavy atom. The molecule has 1 aromatic carbocycles. The summed E-state index contributed by atoms with van der Waals surface area (Å²) in [6.07, 6.45) is 0. The molecule has 1 aromatic rings. The number of hydrogen-bond donors (Lipinski definition) is 4. The molecular formula is C8H10S4. The summed E-state index contributed by atoms with van der Waals surface area (Å²) < 4.78 is -0.0734. The molecule has 0 aliphatic carbocycles. The van der Waals surface area contributed by atoms with Crippen molar-refractivity contribution in [1.82, 2.24) is 0 Å². The highest BCUT2D eigenvalue weighted by molar-refractivity contribution is 7.98. The number of rotatable bonds is 2. The summed E-state index contributed by atoms with van der Waals surface area (Å²) in [5.41, 5.74) is 2.15. The summed E-state index contributed by atoms with van der Waals surface area (Å²) in [4.78, 5) is 0. The van der Waals surface area contributed by atoms with E-state index in [1.165, 1.54) is 0 Å². The largest absolute Gasteiger partial charge is 0.160 e. The maximum absolute atomic E-state index is 4.22. The second-order valence-electron chi connectivity index (χ2n) is 2.42. The van der Waals surface area contributed by atoms with E-state index in [-0.39, 0.29) is 9.16 Å². The van der Waals surface area contributed by atoms with E-state index in [9.17, 15) is 0 Å². The van der Waals surface area contributed by atoms with Crippen LogP contribution in [0.3, 0.4) is 0 Å². The first-order valence-corrected chi connectivity index (χ1v) is 5.50. The molecule has 0 spiro atoms. The van der Waals surface area contributed by atoms with Crippen LogP contribution in [0.2, 0.25) is 0 Å². The Balaban J connectivity index is 2.96. The lowest BCUT2D eigenvalue weighted by Gasteiger charge is -2.08. The van der Waals surface area contributed by atoms with Crippen LogP contribution in [-0.2, 0) is 0 Å². The van der Waals surface area contributed by atoms with Crippen LogP contribution in [0, 0.1) is 0 Å². The third kappa shape index (κ3) is 2.83. The van der Waals surface area contributed by atoms with E-state index >= 15 is 0 Å². The molecule has 12 heavy (non-hydrogen) atoms. The van der Waals surface area contributed by atoms with Crippen molar-refractivity contribution in [3.63, 3.8) is 0 Å². The van der Waals surface area contributed by atoms with Crippen LogP contribution in [0.4, 0.5) is 0 Å². The van der Waals surface area contributed by atoms with Crippen molar-refractivity contribution in [3.05, 3.63) is 35.4 Å². The molecular weight excluding hydrogens is 224 g/mol. The van der Waals surface area contributed by atoms with Crippen LogP contribution in [0.1, 0.15) is 20.3 Å². The molecule has 0 radical (unpaired) electrons. The van der Waals surface area contributed by atoms with Gasteiger partial charge < -0.3 is 0 Å². The number of benzene rings is 1. The topological polar surface area (TPSA) is 0 Å². The van der Waals surface area contributed by atoms with E-state index < -0.39 is 0 Å². The zero-order valence-electron chi connectivity index (χ0n) is 6.25. The van der Waals surface area contributed by atoms with Crippen molar-refractivity contribution < 1.29 is 0 Å². The summed E-state index contributed by atoms with van der Waals surface area (Å²) in [7, 11) is 0. The Labute approximate surface area is 94.8 Å². The summed E-state index contributed by atoms with van der Waals surface area (Å²) in [5.74, 6) is 0. The fourth-order valence-electron chi connectivity index (χ4n) is 0.880.